The van der Waals surface area contributed by atoms with Crippen molar-refractivity contribution in [1.29, 1.82) is 0 Å². The number of aliphatic imine (C=N–C) groups is 1. The van der Waals surface area contributed by atoms with Crippen LogP contribution in [0.4, 0.5) is 0 Å². The average molecular weight is 486 g/mol. The van der Waals surface area contributed by atoms with Crippen LogP contribution < -0.4 is 15.4 Å². The summed E-state index contributed by atoms with van der Waals surface area (Å²) in [5.41, 5.74) is 2.32. The number of hydrogen-bond donors (Lipinski definition) is 2. The zero-order chi connectivity index (χ0) is 19.2. The zero-order valence-electron chi connectivity index (χ0n) is 17.0. The molecule has 0 saturated carbocycles. The van der Waals surface area contributed by atoms with Gasteiger partial charge in [-0.15, -0.1) is 24.0 Å². The molecular weight excluding hydrogens is 455 g/mol. The predicted molar refractivity (Wildman–Crippen MR) is 120 cm³/mol. The van der Waals surface area contributed by atoms with E-state index in [1.807, 2.05) is 6.92 Å². The van der Waals surface area contributed by atoms with Gasteiger partial charge in [-0.2, -0.15) is 0 Å². The molecule has 0 atom stereocenters. The summed E-state index contributed by atoms with van der Waals surface area (Å²) in [5.74, 6) is 3.18. The van der Waals surface area contributed by atoms with Crippen LogP contribution >= 0.6 is 24.0 Å². The Labute approximate surface area is 179 Å². The van der Waals surface area contributed by atoms with Gasteiger partial charge in [-0.1, -0.05) is 32.9 Å². The van der Waals surface area contributed by atoms with Gasteiger partial charge in [-0.25, -0.2) is 4.98 Å². The van der Waals surface area contributed by atoms with E-state index in [0.717, 1.165) is 36.0 Å². The number of rotatable bonds is 6. The third-order valence-corrected chi connectivity index (χ3v) is 4.10. The lowest BCUT2D eigenvalue weighted by Crippen LogP contribution is -2.37. The van der Waals surface area contributed by atoms with Crippen molar-refractivity contribution >= 4 is 29.9 Å². The van der Waals surface area contributed by atoms with Gasteiger partial charge in [0.05, 0.1) is 19.9 Å². The standard InChI is InChI=1S/C20H30N4O2.HI/c1-14-7-8-15(11-16(14)25-6)9-10-22-19(21-5)24-13-18-23-12-17(26-18)20(2,3)4;/h7-8,11-12H,9-10,13H2,1-6H3,(H2,21,22,24);1H. The van der Waals surface area contributed by atoms with E-state index in [4.69, 9.17) is 9.15 Å². The maximum absolute atomic E-state index is 5.78. The quantitative estimate of drug-likeness (QED) is 0.369. The fourth-order valence-corrected chi connectivity index (χ4v) is 2.46. The molecule has 0 aliphatic rings. The van der Waals surface area contributed by atoms with E-state index in [2.05, 4.69) is 59.6 Å². The third kappa shape index (κ3) is 7.04. The van der Waals surface area contributed by atoms with Gasteiger partial charge in [0.2, 0.25) is 5.89 Å². The smallest absolute Gasteiger partial charge is 0.213 e. The van der Waals surface area contributed by atoms with Crippen molar-refractivity contribution in [2.45, 2.75) is 46.1 Å². The molecule has 150 valence electrons. The van der Waals surface area contributed by atoms with Crippen LogP contribution in [0.2, 0.25) is 0 Å². The van der Waals surface area contributed by atoms with E-state index < -0.39 is 0 Å². The van der Waals surface area contributed by atoms with Gasteiger partial charge < -0.3 is 19.8 Å². The SMILES string of the molecule is CN=C(NCCc1ccc(C)c(OC)c1)NCc1ncc(C(C)(C)C)o1.I. The molecule has 0 spiro atoms. The topological polar surface area (TPSA) is 71.7 Å². The largest absolute Gasteiger partial charge is 0.496 e. The number of oxazole rings is 1. The van der Waals surface area contributed by atoms with Gasteiger partial charge in [0.15, 0.2) is 5.96 Å². The van der Waals surface area contributed by atoms with Crippen LogP contribution in [0.5, 0.6) is 5.75 Å². The molecule has 2 aromatic rings. The van der Waals surface area contributed by atoms with Crippen molar-refractivity contribution in [3.8, 4) is 5.75 Å². The highest BCUT2D eigenvalue weighted by Crippen LogP contribution is 2.22. The minimum absolute atomic E-state index is 0. The number of aryl methyl sites for hydroxylation is 1. The molecule has 0 bridgehead atoms. The number of hydrogen-bond acceptors (Lipinski definition) is 4. The minimum Gasteiger partial charge on any atom is -0.496 e. The van der Waals surface area contributed by atoms with Gasteiger partial charge in [0, 0.05) is 19.0 Å². The van der Waals surface area contributed by atoms with E-state index in [1.165, 1.54) is 5.56 Å². The summed E-state index contributed by atoms with van der Waals surface area (Å²) in [6.45, 7) is 9.61. The number of guanidine groups is 1. The number of nitrogens with one attached hydrogen (secondary N) is 2. The number of methoxy groups -OCH3 is 1. The summed E-state index contributed by atoms with van der Waals surface area (Å²) < 4.78 is 11.2. The Morgan fingerprint density at radius 3 is 2.59 bits per heavy atom. The lowest BCUT2D eigenvalue weighted by molar-refractivity contribution is 0.379. The van der Waals surface area contributed by atoms with Gasteiger partial charge in [-0.3, -0.25) is 4.99 Å². The highest BCUT2D eigenvalue weighted by atomic mass is 127. The van der Waals surface area contributed by atoms with Crippen molar-refractivity contribution < 1.29 is 9.15 Å². The molecule has 6 nitrogen and oxygen atoms in total. The van der Waals surface area contributed by atoms with Crippen molar-refractivity contribution in [2.24, 2.45) is 4.99 Å². The molecule has 0 fully saturated rings. The van der Waals surface area contributed by atoms with E-state index in [-0.39, 0.29) is 29.4 Å². The summed E-state index contributed by atoms with van der Waals surface area (Å²) >= 11 is 0. The molecule has 7 heteroatoms. The van der Waals surface area contributed by atoms with Crippen molar-refractivity contribution in [3.05, 3.63) is 47.2 Å². The summed E-state index contributed by atoms with van der Waals surface area (Å²) in [5, 5.41) is 6.53. The first-order valence-corrected chi connectivity index (χ1v) is 8.86. The van der Waals surface area contributed by atoms with Crippen LogP contribution in [-0.4, -0.2) is 31.6 Å². The maximum atomic E-state index is 5.78. The molecule has 0 saturated heterocycles. The average Bonchev–Trinajstić information content (AvgIpc) is 3.08. The highest BCUT2D eigenvalue weighted by molar-refractivity contribution is 14.0. The van der Waals surface area contributed by atoms with Crippen molar-refractivity contribution in [1.82, 2.24) is 15.6 Å². The van der Waals surface area contributed by atoms with E-state index in [9.17, 15) is 0 Å². The monoisotopic (exact) mass is 486 g/mol. The summed E-state index contributed by atoms with van der Waals surface area (Å²) in [6.07, 6.45) is 2.67. The van der Waals surface area contributed by atoms with Crippen LogP contribution in [0.25, 0.3) is 0 Å². The first-order valence-electron chi connectivity index (χ1n) is 8.86. The normalized spacial score (nSPS) is 11.7. The Hall–Kier alpha value is -1.77. The Kier molecular flexibility index (Phi) is 9.08. The highest BCUT2D eigenvalue weighted by Gasteiger charge is 2.19. The van der Waals surface area contributed by atoms with Crippen LogP contribution in [-0.2, 0) is 18.4 Å². The van der Waals surface area contributed by atoms with Gasteiger partial charge in [-0.05, 0) is 30.5 Å². The molecule has 27 heavy (non-hydrogen) atoms. The molecule has 1 heterocycles. The van der Waals surface area contributed by atoms with E-state index >= 15 is 0 Å². The lowest BCUT2D eigenvalue weighted by Gasteiger charge is -2.13. The molecule has 0 amide bonds. The molecule has 0 radical (unpaired) electrons. The van der Waals surface area contributed by atoms with Crippen LogP contribution in [0, 0.1) is 6.92 Å². The second kappa shape index (κ2) is 10.5. The predicted octanol–water partition coefficient (Wildman–Crippen LogP) is 3.81. The molecular formula is C20H31IN4O2. The second-order valence-corrected chi connectivity index (χ2v) is 7.27. The summed E-state index contributed by atoms with van der Waals surface area (Å²) in [6, 6.07) is 6.28. The Balaban J connectivity index is 0.00000364. The minimum atomic E-state index is -0.0414. The van der Waals surface area contributed by atoms with Crippen LogP contribution in [0.1, 0.15) is 43.5 Å². The molecule has 2 rings (SSSR count). The number of benzene rings is 1. The van der Waals surface area contributed by atoms with Gasteiger partial charge >= 0.3 is 0 Å². The van der Waals surface area contributed by atoms with Crippen molar-refractivity contribution in [2.75, 3.05) is 20.7 Å². The van der Waals surface area contributed by atoms with E-state index in [1.54, 1.807) is 20.4 Å². The lowest BCUT2D eigenvalue weighted by atomic mass is 9.94. The molecule has 0 aliphatic heterocycles. The molecule has 2 N–H and O–H groups in total. The number of nitrogens with zero attached hydrogens (tertiary/aromatic N) is 2. The molecule has 1 aromatic carbocycles. The fourth-order valence-electron chi connectivity index (χ4n) is 2.46. The van der Waals surface area contributed by atoms with E-state index in [0.29, 0.717) is 12.4 Å². The first-order chi connectivity index (χ1) is 12.3. The zero-order valence-corrected chi connectivity index (χ0v) is 19.4. The Morgan fingerprint density at radius 1 is 1.26 bits per heavy atom. The summed E-state index contributed by atoms with van der Waals surface area (Å²) in [7, 11) is 3.45. The molecule has 0 aliphatic carbocycles. The molecule has 0 unspecified atom stereocenters. The van der Waals surface area contributed by atoms with Gasteiger partial charge in [0.1, 0.15) is 11.5 Å². The Bertz CT molecular complexity index is 751. The number of halogens is 1. The van der Waals surface area contributed by atoms with Crippen LogP contribution in [0.15, 0.2) is 33.8 Å². The first kappa shape index (κ1) is 23.3. The van der Waals surface area contributed by atoms with Crippen LogP contribution in [0.3, 0.4) is 0 Å². The van der Waals surface area contributed by atoms with Crippen molar-refractivity contribution in [3.63, 3.8) is 0 Å². The fraction of sp³-hybridized carbons (Fsp3) is 0.500. The number of aromatic nitrogens is 1. The maximum Gasteiger partial charge on any atom is 0.213 e. The summed E-state index contributed by atoms with van der Waals surface area (Å²) in [4.78, 5) is 8.56. The second-order valence-electron chi connectivity index (χ2n) is 7.27. The van der Waals surface area contributed by atoms with Gasteiger partial charge in [0.25, 0.3) is 0 Å². The number of ether oxygens (including phenoxy) is 1. The third-order valence-electron chi connectivity index (χ3n) is 4.10. The Morgan fingerprint density at radius 2 is 2.00 bits per heavy atom. The molecule has 1 aromatic heterocycles.